The van der Waals surface area contributed by atoms with Gasteiger partial charge in [-0.05, 0) is 25.0 Å². The van der Waals surface area contributed by atoms with Crippen LogP contribution in [0.4, 0.5) is 8.78 Å². The van der Waals surface area contributed by atoms with Crippen molar-refractivity contribution in [3.8, 4) is 0 Å². The van der Waals surface area contributed by atoms with Gasteiger partial charge in [-0.3, -0.25) is 11.3 Å². The molecule has 72 valence electrons. The lowest BCUT2D eigenvalue weighted by atomic mass is 10.1. The zero-order chi connectivity index (χ0) is 9.84. The summed E-state index contributed by atoms with van der Waals surface area (Å²) >= 11 is 0. The highest BCUT2D eigenvalue weighted by molar-refractivity contribution is 5.19. The number of hydrogen-bond acceptors (Lipinski definition) is 2. The van der Waals surface area contributed by atoms with Gasteiger partial charge in [-0.1, -0.05) is 12.1 Å². The highest BCUT2D eigenvalue weighted by Crippen LogP contribution is 2.12. The maximum Gasteiger partial charge on any atom is 0.162 e. The van der Waals surface area contributed by atoms with Crippen molar-refractivity contribution in [3.63, 3.8) is 0 Å². The number of halogens is 2. The first-order valence-corrected chi connectivity index (χ1v) is 4.04. The van der Waals surface area contributed by atoms with Crippen molar-refractivity contribution >= 4 is 0 Å². The van der Waals surface area contributed by atoms with E-state index in [0.717, 1.165) is 6.07 Å². The largest absolute Gasteiger partial charge is 0.271 e. The van der Waals surface area contributed by atoms with Gasteiger partial charge in [0, 0.05) is 6.04 Å². The first kappa shape index (κ1) is 10.1. The summed E-state index contributed by atoms with van der Waals surface area (Å²) in [7, 11) is 0. The minimum atomic E-state index is -0.818. The summed E-state index contributed by atoms with van der Waals surface area (Å²) in [6.07, 6.45) is 0.375. The maximum absolute atomic E-state index is 13.1. The molecule has 3 N–H and O–H groups in total. The van der Waals surface area contributed by atoms with Gasteiger partial charge in [0.25, 0.3) is 0 Å². The van der Waals surface area contributed by atoms with E-state index in [1.165, 1.54) is 6.07 Å². The van der Waals surface area contributed by atoms with Gasteiger partial charge in [0.1, 0.15) is 0 Å². The van der Waals surface area contributed by atoms with Crippen LogP contribution in [0.15, 0.2) is 18.2 Å². The first-order chi connectivity index (χ1) is 6.15. The Labute approximate surface area is 75.7 Å². The van der Waals surface area contributed by atoms with Gasteiger partial charge in [-0.2, -0.15) is 0 Å². The summed E-state index contributed by atoms with van der Waals surface area (Å²) in [6.45, 7) is 1.80. The standard InChI is InChI=1S/C9H12F2N2/c1-6(13-12)5-7-3-2-4-8(10)9(7)11/h2-4,6,13H,5,12H2,1H3. The van der Waals surface area contributed by atoms with E-state index in [1.54, 1.807) is 13.0 Å². The molecule has 0 aliphatic rings. The fraction of sp³-hybridized carbons (Fsp3) is 0.333. The molecular formula is C9H12F2N2. The lowest BCUT2D eigenvalue weighted by molar-refractivity contribution is 0.485. The van der Waals surface area contributed by atoms with Crippen LogP contribution in [0.5, 0.6) is 0 Å². The van der Waals surface area contributed by atoms with Gasteiger partial charge in [0.2, 0.25) is 0 Å². The molecule has 1 rings (SSSR count). The Morgan fingerprint density at radius 2 is 2.15 bits per heavy atom. The highest BCUT2D eigenvalue weighted by atomic mass is 19.2. The number of nitrogens with one attached hydrogen (secondary N) is 1. The Bertz CT molecular complexity index is 289. The smallest absolute Gasteiger partial charge is 0.162 e. The Balaban J connectivity index is 2.83. The van der Waals surface area contributed by atoms with Crippen molar-refractivity contribution in [2.24, 2.45) is 5.84 Å². The second kappa shape index (κ2) is 4.30. The summed E-state index contributed by atoms with van der Waals surface area (Å²) in [5.41, 5.74) is 2.81. The van der Waals surface area contributed by atoms with Crippen LogP contribution in [-0.4, -0.2) is 6.04 Å². The van der Waals surface area contributed by atoms with Gasteiger partial charge in [-0.15, -0.1) is 0 Å². The third kappa shape index (κ3) is 2.47. The molecule has 1 atom stereocenters. The lowest BCUT2D eigenvalue weighted by Crippen LogP contribution is -2.34. The van der Waals surface area contributed by atoms with Crippen LogP contribution in [0.3, 0.4) is 0 Å². The topological polar surface area (TPSA) is 38.0 Å². The zero-order valence-corrected chi connectivity index (χ0v) is 7.35. The average molecular weight is 186 g/mol. The molecule has 4 heteroatoms. The molecule has 0 spiro atoms. The molecule has 0 aliphatic carbocycles. The molecule has 0 radical (unpaired) electrons. The van der Waals surface area contributed by atoms with Crippen molar-refractivity contribution in [1.82, 2.24) is 5.43 Å². The molecule has 0 fully saturated rings. The van der Waals surface area contributed by atoms with Crippen molar-refractivity contribution in [2.45, 2.75) is 19.4 Å². The number of benzene rings is 1. The monoisotopic (exact) mass is 186 g/mol. The Hall–Kier alpha value is -1.00. The predicted octanol–water partition coefficient (Wildman–Crippen LogP) is 1.36. The normalized spacial score (nSPS) is 12.9. The molecule has 0 heterocycles. The van der Waals surface area contributed by atoms with E-state index in [1.807, 2.05) is 0 Å². The second-order valence-electron chi connectivity index (χ2n) is 2.98. The van der Waals surface area contributed by atoms with Gasteiger partial charge in [-0.25, -0.2) is 8.78 Å². The molecule has 0 aromatic heterocycles. The molecular weight excluding hydrogens is 174 g/mol. The first-order valence-electron chi connectivity index (χ1n) is 4.04. The molecule has 1 unspecified atom stereocenters. The van der Waals surface area contributed by atoms with E-state index in [2.05, 4.69) is 5.43 Å². The second-order valence-corrected chi connectivity index (χ2v) is 2.98. The molecule has 13 heavy (non-hydrogen) atoms. The third-order valence-electron chi connectivity index (χ3n) is 1.84. The summed E-state index contributed by atoms with van der Waals surface area (Å²) < 4.78 is 25.8. The van der Waals surface area contributed by atoms with Crippen LogP contribution >= 0.6 is 0 Å². The van der Waals surface area contributed by atoms with Crippen LogP contribution in [0.1, 0.15) is 12.5 Å². The molecule has 0 amide bonds. The van der Waals surface area contributed by atoms with E-state index in [4.69, 9.17) is 5.84 Å². The van der Waals surface area contributed by atoms with E-state index >= 15 is 0 Å². The fourth-order valence-corrected chi connectivity index (χ4v) is 1.09. The molecule has 1 aromatic carbocycles. The maximum atomic E-state index is 13.1. The molecule has 0 aliphatic heterocycles. The Morgan fingerprint density at radius 1 is 1.46 bits per heavy atom. The van der Waals surface area contributed by atoms with Gasteiger partial charge in [0.15, 0.2) is 11.6 Å². The van der Waals surface area contributed by atoms with E-state index in [9.17, 15) is 8.78 Å². The summed E-state index contributed by atoms with van der Waals surface area (Å²) in [4.78, 5) is 0. The molecule has 2 nitrogen and oxygen atoms in total. The molecule has 0 saturated carbocycles. The molecule has 0 bridgehead atoms. The minimum Gasteiger partial charge on any atom is -0.271 e. The number of nitrogens with two attached hydrogens (primary N) is 1. The quantitative estimate of drug-likeness (QED) is 0.552. The zero-order valence-electron chi connectivity index (χ0n) is 7.35. The van der Waals surface area contributed by atoms with Crippen LogP contribution in [0, 0.1) is 11.6 Å². The van der Waals surface area contributed by atoms with Crippen LogP contribution in [0.2, 0.25) is 0 Å². The van der Waals surface area contributed by atoms with Crippen molar-refractivity contribution in [1.29, 1.82) is 0 Å². The third-order valence-corrected chi connectivity index (χ3v) is 1.84. The van der Waals surface area contributed by atoms with E-state index in [0.29, 0.717) is 12.0 Å². The number of hydrazine groups is 1. The van der Waals surface area contributed by atoms with Crippen molar-refractivity contribution in [3.05, 3.63) is 35.4 Å². The average Bonchev–Trinajstić information content (AvgIpc) is 2.13. The summed E-state index contributed by atoms with van der Waals surface area (Å²) in [5.74, 6) is 3.54. The van der Waals surface area contributed by atoms with Gasteiger partial charge >= 0.3 is 0 Å². The van der Waals surface area contributed by atoms with Gasteiger partial charge < -0.3 is 0 Å². The van der Waals surface area contributed by atoms with Crippen molar-refractivity contribution < 1.29 is 8.78 Å². The lowest BCUT2D eigenvalue weighted by Gasteiger charge is -2.10. The van der Waals surface area contributed by atoms with Crippen LogP contribution in [0.25, 0.3) is 0 Å². The predicted molar refractivity (Wildman–Crippen MR) is 46.8 cm³/mol. The summed E-state index contributed by atoms with van der Waals surface area (Å²) in [6, 6.07) is 4.05. The van der Waals surface area contributed by atoms with Gasteiger partial charge in [0.05, 0.1) is 0 Å². The number of hydrogen-bond donors (Lipinski definition) is 2. The number of rotatable bonds is 3. The molecule has 0 saturated heterocycles. The SMILES string of the molecule is CC(Cc1cccc(F)c1F)NN. The molecule has 1 aromatic rings. The van der Waals surface area contributed by atoms with Crippen LogP contribution in [-0.2, 0) is 6.42 Å². The van der Waals surface area contributed by atoms with Crippen LogP contribution < -0.4 is 11.3 Å². The fourth-order valence-electron chi connectivity index (χ4n) is 1.09. The van der Waals surface area contributed by atoms with E-state index in [-0.39, 0.29) is 6.04 Å². The Morgan fingerprint density at radius 3 is 2.77 bits per heavy atom. The summed E-state index contributed by atoms with van der Waals surface area (Å²) in [5, 5.41) is 0. The Kier molecular flexibility index (Phi) is 3.33. The van der Waals surface area contributed by atoms with Crippen molar-refractivity contribution in [2.75, 3.05) is 0 Å². The van der Waals surface area contributed by atoms with E-state index < -0.39 is 11.6 Å². The minimum absolute atomic E-state index is 0.0729. The highest BCUT2D eigenvalue weighted by Gasteiger charge is 2.09.